The third kappa shape index (κ3) is 10.7. The number of alkyl carbamates (subject to hydrolysis) is 1. The van der Waals surface area contributed by atoms with Crippen molar-refractivity contribution in [2.24, 2.45) is 17.1 Å². The summed E-state index contributed by atoms with van der Waals surface area (Å²) < 4.78 is 5.20. The summed E-state index contributed by atoms with van der Waals surface area (Å²) in [5.41, 5.74) is 4.94. The molecule has 2 atom stereocenters. The Morgan fingerprint density at radius 2 is 1.64 bits per heavy atom. The van der Waals surface area contributed by atoms with E-state index in [9.17, 15) is 9.59 Å². The maximum absolute atomic E-state index is 11.7. The van der Waals surface area contributed by atoms with Gasteiger partial charge in [-0.25, -0.2) is 4.79 Å². The quantitative estimate of drug-likeness (QED) is 0.691. The Balaban J connectivity index is 0. The van der Waals surface area contributed by atoms with Crippen LogP contribution >= 0.6 is 12.4 Å². The van der Waals surface area contributed by atoms with Crippen LogP contribution < -0.4 is 11.1 Å². The zero-order valence-electron chi connectivity index (χ0n) is 14.4. The Kier molecular flexibility index (Phi) is 9.73. The second-order valence-electron chi connectivity index (χ2n) is 7.47. The molecule has 132 valence electrons. The molecule has 0 aliphatic rings. The number of hydrogen-bond acceptors (Lipinski definition) is 4. The number of carboxylic acids is 1. The van der Waals surface area contributed by atoms with Crippen molar-refractivity contribution in [3.05, 3.63) is 0 Å². The number of nitrogens with two attached hydrogens (primary N) is 1. The van der Waals surface area contributed by atoms with Crippen molar-refractivity contribution >= 4 is 24.5 Å². The lowest BCUT2D eigenvalue weighted by atomic mass is 9.77. The van der Waals surface area contributed by atoms with Crippen LogP contribution in [0.4, 0.5) is 4.79 Å². The molecule has 0 rings (SSSR count). The fourth-order valence-electron chi connectivity index (χ4n) is 1.87. The zero-order chi connectivity index (χ0) is 16.8. The first-order valence-corrected chi connectivity index (χ1v) is 7.28. The number of rotatable bonds is 6. The van der Waals surface area contributed by atoms with Gasteiger partial charge < -0.3 is 20.9 Å². The molecular weight excluding hydrogens is 308 g/mol. The van der Waals surface area contributed by atoms with Crippen molar-refractivity contribution in [1.82, 2.24) is 5.32 Å². The molecule has 0 aliphatic heterocycles. The third-order valence-electron chi connectivity index (χ3n) is 3.26. The van der Waals surface area contributed by atoms with Crippen molar-refractivity contribution in [3.63, 3.8) is 0 Å². The molecule has 0 radical (unpaired) electrons. The monoisotopic (exact) mass is 338 g/mol. The minimum atomic E-state index is -0.997. The highest BCUT2D eigenvalue weighted by Gasteiger charge is 2.27. The van der Waals surface area contributed by atoms with Gasteiger partial charge in [0.05, 0.1) is 0 Å². The fraction of sp³-hybridized carbons (Fsp3) is 0.867. The lowest BCUT2D eigenvalue weighted by molar-refractivity contribution is -0.138. The van der Waals surface area contributed by atoms with E-state index in [0.29, 0.717) is 19.4 Å². The summed E-state index contributed by atoms with van der Waals surface area (Å²) in [6.07, 6.45) is 0.555. The van der Waals surface area contributed by atoms with Gasteiger partial charge in [0.25, 0.3) is 0 Å². The highest BCUT2D eigenvalue weighted by Crippen LogP contribution is 2.29. The van der Waals surface area contributed by atoms with Crippen LogP contribution in [0.3, 0.4) is 0 Å². The molecule has 0 aromatic heterocycles. The fourth-order valence-corrected chi connectivity index (χ4v) is 1.87. The van der Waals surface area contributed by atoms with Gasteiger partial charge in [-0.3, -0.25) is 4.79 Å². The molecule has 1 amide bonds. The summed E-state index contributed by atoms with van der Waals surface area (Å²) in [7, 11) is 0. The summed E-state index contributed by atoms with van der Waals surface area (Å²) in [6, 6.07) is -0.864. The summed E-state index contributed by atoms with van der Waals surface area (Å²) in [4.78, 5) is 22.5. The summed E-state index contributed by atoms with van der Waals surface area (Å²) in [5, 5.41) is 11.6. The van der Waals surface area contributed by atoms with Crippen LogP contribution in [-0.4, -0.2) is 35.4 Å². The van der Waals surface area contributed by atoms with Gasteiger partial charge in [0, 0.05) is 6.54 Å². The van der Waals surface area contributed by atoms with Gasteiger partial charge in [-0.2, -0.15) is 0 Å². The number of amides is 1. The van der Waals surface area contributed by atoms with Gasteiger partial charge in [0.15, 0.2) is 0 Å². The Bertz CT molecular complexity index is 362. The van der Waals surface area contributed by atoms with E-state index in [4.69, 9.17) is 15.6 Å². The average Bonchev–Trinajstić information content (AvgIpc) is 2.23. The molecule has 0 fully saturated rings. The van der Waals surface area contributed by atoms with Crippen molar-refractivity contribution in [2.75, 3.05) is 6.54 Å². The van der Waals surface area contributed by atoms with Crippen LogP contribution in [0.15, 0.2) is 0 Å². The highest BCUT2D eigenvalue weighted by molar-refractivity contribution is 5.85. The number of carbonyl (C=O) groups excluding carboxylic acids is 1. The van der Waals surface area contributed by atoms with Crippen LogP contribution in [0.25, 0.3) is 0 Å². The molecule has 2 unspecified atom stereocenters. The molecule has 0 aromatic rings. The first kappa shape index (κ1) is 23.3. The molecule has 22 heavy (non-hydrogen) atoms. The molecule has 0 bridgehead atoms. The van der Waals surface area contributed by atoms with E-state index < -0.39 is 23.7 Å². The molecule has 0 aliphatic carbocycles. The first-order valence-electron chi connectivity index (χ1n) is 7.28. The number of carbonyl (C=O) groups is 2. The van der Waals surface area contributed by atoms with E-state index >= 15 is 0 Å². The SMILES string of the molecule is CC(C)(C)OC(=O)NCC(CCC(N)C(=O)O)C(C)(C)C.Cl. The summed E-state index contributed by atoms with van der Waals surface area (Å²) >= 11 is 0. The van der Waals surface area contributed by atoms with E-state index in [1.807, 2.05) is 0 Å². The largest absolute Gasteiger partial charge is 0.480 e. The number of ether oxygens (including phenoxy) is 1. The van der Waals surface area contributed by atoms with Crippen molar-refractivity contribution in [3.8, 4) is 0 Å². The molecule has 0 heterocycles. The van der Waals surface area contributed by atoms with Gasteiger partial charge >= 0.3 is 12.1 Å². The topological polar surface area (TPSA) is 102 Å². The Morgan fingerprint density at radius 3 is 2.00 bits per heavy atom. The van der Waals surface area contributed by atoms with Gasteiger partial charge in [-0.15, -0.1) is 12.4 Å². The maximum Gasteiger partial charge on any atom is 0.407 e. The maximum atomic E-state index is 11.7. The van der Waals surface area contributed by atoms with Crippen molar-refractivity contribution < 1.29 is 19.4 Å². The summed E-state index contributed by atoms with van der Waals surface area (Å²) in [6.45, 7) is 12.0. The Morgan fingerprint density at radius 1 is 1.14 bits per heavy atom. The molecule has 0 saturated carbocycles. The van der Waals surface area contributed by atoms with E-state index in [2.05, 4.69) is 26.1 Å². The van der Waals surface area contributed by atoms with Crippen LogP contribution in [0.5, 0.6) is 0 Å². The Labute approximate surface area is 139 Å². The minimum Gasteiger partial charge on any atom is -0.480 e. The van der Waals surface area contributed by atoms with Gasteiger partial charge in [0.1, 0.15) is 11.6 Å². The highest BCUT2D eigenvalue weighted by atomic mass is 35.5. The predicted octanol–water partition coefficient (Wildman–Crippen LogP) is 2.79. The number of nitrogens with one attached hydrogen (secondary N) is 1. The molecule has 7 heteroatoms. The lowest BCUT2D eigenvalue weighted by Gasteiger charge is -2.31. The molecule has 0 aromatic carbocycles. The number of aliphatic carboxylic acids is 1. The molecule has 6 nitrogen and oxygen atoms in total. The number of hydrogen-bond donors (Lipinski definition) is 3. The number of carboxylic acid groups (broad SMARTS) is 1. The van der Waals surface area contributed by atoms with Crippen LogP contribution in [0.2, 0.25) is 0 Å². The van der Waals surface area contributed by atoms with Crippen molar-refractivity contribution in [2.45, 2.75) is 66.0 Å². The number of halogens is 1. The van der Waals surface area contributed by atoms with E-state index in [1.165, 1.54) is 0 Å². The zero-order valence-corrected chi connectivity index (χ0v) is 15.3. The molecule has 0 saturated heterocycles. The Hall–Kier alpha value is -1.01. The van der Waals surface area contributed by atoms with Gasteiger partial charge in [-0.05, 0) is 44.9 Å². The van der Waals surface area contributed by atoms with E-state index in [-0.39, 0.29) is 23.7 Å². The molecular formula is C15H31ClN2O4. The second-order valence-corrected chi connectivity index (χ2v) is 7.47. The van der Waals surface area contributed by atoms with E-state index in [1.54, 1.807) is 20.8 Å². The smallest absolute Gasteiger partial charge is 0.407 e. The minimum absolute atomic E-state index is 0. The molecule has 4 N–H and O–H groups in total. The molecule has 0 spiro atoms. The first-order chi connectivity index (χ1) is 9.33. The van der Waals surface area contributed by atoms with Crippen LogP contribution in [-0.2, 0) is 9.53 Å². The van der Waals surface area contributed by atoms with Crippen molar-refractivity contribution in [1.29, 1.82) is 0 Å². The lowest BCUT2D eigenvalue weighted by Crippen LogP contribution is -2.39. The predicted molar refractivity (Wildman–Crippen MR) is 89.3 cm³/mol. The van der Waals surface area contributed by atoms with Gasteiger partial charge in [0.2, 0.25) is 0 Å². The average molecular weight is 339 g/mol. The van der Waals surface area contributed by atoms with Gasteiger partial charge in [-0.1, -0.05) is 20.8 Å². The van der Waals surface area contributed by atoms with Crippen LogP contribution in [0, 0.1) is 11.3 Å². The van der Waals surface area contributed by atoms with E-state index in [0.717, 1.165) is 0 Å². The third-order valence-corrected chi connectivity index (χ3v) is 3.26. The standard InChI is InChI=1S/C15H30N2O4.ClH/c1-14(2,3)10(7-8-11(16)12(18)19)9-17-13(20)21-15(4,5)6;/h10-11H,7-9,16H2,1-6H3,(H,17,20)(H,18,19);1H. The second kappa shape index (κ2) is 9.20. The summed E-state index contributed by atoms with van der Waals surface area (Å²) in [5.74, 6) is -0.877. The normalized spacial score (nSPS) is 14.5. The van der Waals surface area contributed by atoms with Crippen LogP contribution in [0.1, 0.15) is 54.4 Å².